The van der Waals surface area contributed by atoms with E-state index in [2.05, 4.69) is 27.1 Å². The first-order chi connectivity index (χ1) is 11.5. The summed E-state index contributed by atoms with van der Waals surface area (Å²) in [5, 5.41) is 13.7. The minimum atomic E-state index is -1.06. The molecule has 124 valence electrons. The van der Waals surface area contributed by atoms with Crippen molar-refractivity contribution in [1.29, 1.82) is 0 Å². The van der Waals surface area contributed by atoms with Crippen molar-refractivity contribution in [3.63, 3.8) is 0 Å². The van der Waals surface area contributed by atoms with Crippen LogP contribution in [0.1, 0.15) is 47.3 Å². The first kappa shape index (κ1) is 16.3. The minimum absolute atomic E-state index is 0.0913. The van der Waals surface area contributed by atoms with E-state index in [4.69, 9.17) is 0 Å². The molecule has 1 amide bonds. The van der Waals surface area contributed by atoms with Gasteiger partial charge in [0.15, 0.2) is 0 Å². The highest BCUT2D eigenvalue weighted by atomic mass is 16.3. The lowest BCUT2D eigenvalue weighted by Gasteiger charge is -2.33. The van der Waals surface area contributed by atoms with E-state index in [1.807, 2.05) is 31.2 Å². The van der Waals surface area contributed by atoms with Gasteiger partial charge in [-0.3, -0.25) is 4.79 Å². The van der Waals surface area contributed by atoms with E-state index in [0.29, 0.717) is 18.5 Å². The molecule has 1 heterocycles. The molecule has 2 aromatic rings. The van der Waals surface area contributed by atoms with E-state index in [1.54, 1.807) is 0 Å². The van der Waals surface area contributed by atoms with Crippen LogP contribution < -0.4 is 5.32 Å². The Morgan fingerprint density at radius 3 is 3.12 bits per heavy atom. The van der Waals surface area contributed by atoms with Gasteiger partial charge in [-0.25, -0.2) is 4.98 Å². The summed E-state index contributed by atoms with van der Waals surface area (Å²) in [4.78, 5) is 18.7. The summed E-state index contributed by atoms with van der Waals surface area (Å²) in [6.45, 7) is 2.02. The fraction of sp³-hybridized carbons (Fsp3) is 0.368. The molecule has 1 aliphatic rings. The number of aliphatic hydroxyl groups is 1. The summed E-state index contributed by atoms with van der Waals surface area (Å²) in [6, 6.07) is 7.81. The predicted molar refractivity (Wildman–Crippen MR) is 91.3 cm³/mol. The minimum Gasteiger partial charge on any atom is -0.378 e. The fourth-order valence-electron chi connectivity index (χ4n) is 3.04. The molecule has 3 rings (SSSR count). The smallest absolute Gasteiger partial charge is 0.269 e. The average Bonchev–Trinajstić information content (AvgIpc) is 3.08. The maximum atomic E-state index is 12.1. The number of carbonyl (C=O) groups excluding carboxylic acids is 1. The quantitative estimate of drug-likeness (QED) is 0.741. The Hall–Kier alpha value is -2.58. The number of hydrogen-bond acceptors (Lipinski definition) is 3. The van der Waals surface area contributed by atoms with E-state index >= 15 is 0 Å². The molecule has 0 saturated heterocycles. The number of amides is 1. The van der Waals surface area contributed by atoms with Gasteiger partial charge in [-0.2, -0.15) is 0 Å². The molecule has 24 heavy (non-hydrogen) atoms. The highest BCUT2D eigenvalue weighted by Crippen LogP contribution is 2.28. The van der Waals surface area contributed by atoms with Crippen molar-refractivity contribution < 1.29 is 9.90 Å². The van der Waals surface area contributed by atoms with Crippen LogP contribution in [0.15, 0.2) is 36.8 Å². The Balaban J connectivity index is 1.67. The molecular formula is C19H21N3O2. The first-order valence-corrected chi connectivity index (χ1v) is 8.16. The number of rotatable bonds is 2. The number of aryl methyl sites for hydroxylation is 1. The second kappa shape index (κ2) is 6.90. The van der Waals surface area contributed by atoms with Gasteiger partial charge >= 0.3 is 0 Å². The van der Waals surface area contributed by atoms with Gasteiger partial charge in [0.1, 0.15) is 11.3 Å². The van der Waals surface area contributed by atoms with Crippen LogP contribution >= 0.6 is 0 Å². The van der Waals surface area contributed by atoms with Crippen LogP contribution in [-0.4, -0.2) is 32.6 Å². The van der Waals surface area contributed by atoms with Gasteiger partial charge in [0.05, 0.1) is 12.5 Å². The van der Waals surface area contributed by atoms with Crippen LogP contribution in [0.3, 0.4) is 0 Å². The number of carbonyl (C=O) groups is 1. The third-order valence-corrected chi connectivity index (χ3v) is 4.26. The summed E-state index contributed by atoms with van der Waals surface area (Å²) in [5.41, 5.74) is 1.40. The summed E-state index contributed by atoms with van der Waals surface area (Å²) in [5.74, 6) is 5.88. The van der Waals surface area contributed by atoms with E-state index in [-0.39, 0.29) is 11.9 Å². The SMILES string of the molecule is Cc1cccc(C#CC2(O)CCCC(NC(=O)c3cnc[nH]3)C2)c1. The third kappa shape index (κ3) is 4.03. The van der Waals surface area contributed by atoms with Crippen LogP contribution in [0.25, 0.3) is 0 Å². The van der Waals surface area contributed by atoms with Gasteiger partial charge in [-0.15, -0.1) is 0 Å². The lowest BCUT2D eigenvalue weighted by Crippen LogP contribution is -2.45. The number of nitrogens with zero attached hydrogens (tertiary/aromatic N) is 1. The molecule has 1 aromatic heterocycles. The monoisotopic (exact) mass is 323 g/mol. The molecular weight excluding hydrogens is 302 g/mol. The molecule has 0 aliphatic heterocycles. The molecule has 2 atom stereocenters. The predicted octanol–water partition coefficient (Wildman–Crippen LogP) is 2.17. The normalized spacial score (nSPS) is 23.2. The summed E-state index contributed by atoms with van der Waals surface area (Å²) in [6.07, 6.45) is 5.69. The molecule has 1 aliphatic carbocycles. The Morgan fingerprint density at radius 2 is 2.38 bits per heavy atom. The number of aromatic amines is 1. The molecule has 3 N–H and O–H groups in total. The molecule has 5 heteroatoms. The molecule has 5 nitrogen and oxygen atoms in total. The second-order valence-electron chi connectivity index (χ2n) is 6.38. The van der Waals surface area contributed by atoms with Crippen LogP contribution in [0.5, 0.6) is 0 Å². The Bertz CT molecular complexity index is 773. The standard InChI is InChI=1S/C19H21N3O2/c1-14-4-2-5-15(10-14)7-9-19(24)8-3-6-16(11-19)22-18(23)17-12-20-13-21-17/h2,4-5,10,12-13,16,24H,3,6,8,11H2,1H3,(H,20,21)(H,22,23). The lowest BCUT2D eigenvalue weighted by molar-refractivity contribution is 0.0451. The summed E-state index contributed by atoms with van der Waals surface area (Å²) >= 11 is 0. The molecule has 0 spiro atoms. The summed E-state index contributed by atoms with van der Waals surface area (Å²) < 4.78 is 0. The van der Waals surface area contributed by atoms with Gasteiger partial charge in [0.2, 0.25) is 0 Å². The van der Waals surface area contributed by atoms with E-state index < -0.39 is 5.60 Å². The number of H-pyrrole nitrogens is 1. The van der Waals surface area contributed by atoms with Crippen molar-refractivity contribution in [3.8, 4) is 11.8 Å². The molecule has 1 saturated carbocycles. The fourth-order valence-corrected chi connectivity index (χ4v) is 3.04. The Morgan fingerprint density at radius 1 is 1.50 bits per heavy atom. The summed E-state index contributed by atoms with van der Waals surface area (Å²) in [7, 11) is 0. The topological polar surface area (TPSA) is 78.0 Å². The molecule has 1 fully saturated rings. The molecule has 0 radical (unpaired) electrons. The van der Waals surface area contributed by atoms with Gasteiger partial charge in [-0.1, -0.05) is 24.0 Å². The zero-order valence-corrected chi connectivity index (χ0v) is 13.7. The van der Waals surface area contributed by atoms with E-state index in [1.165, 1.54) is 12.5 Å². The van der Waals surface area contributed by atoms with Crippen molar-refractivity contribution in [1.82, 2.24) is 15.3 Å². The van der Waals surface area contributed by atoms with Crippen molar-refractivity contribution in [2.75, 3.05) is 0 Å². The number of benzene rings is 1. The van der Waals surface area contributed by atoms with Crippen LogP contribution in [-0.2, 0) is 0 Å². The van der Waals surface area contributed by atoms with Crippen molar-refractivity contribution >= 4 is 5.91 Å². The van der Waals surface area contributed by atoms with Crippen molar-refractivity contribution in [2.24, 2.45) is 0 Å². The van der Waals surface area contributed by atoms with Gasteiger partial charge < -0.3 is 15.4 Å². The van der Waals surface area contributed by atoms with Gasteiger partial charge in [0.25, 0.3) is 5.91 Å². The largest absolute Gasteiger partial charge is 0.378 e. The maximum absolute atomic E-state index is 12.1. The Labute approximate surface area is 141 Å². The van der Waals surface area contributed by atoms with E-state index in [9.17, 15) is 9.90 Å². The van der Waals surface area contributed by atoms with Gasteiger partial charge in [0, 0.05) is 18.0 Å². The van der Waals surface area contributed by atoms with Crippen LogP contribution in [0, 0.1) is 18.8 Å². The number of aromatic nitrogens is 2. The lowest BCUT2D eigenvalue weighted by atomic mass is 9.82. The molecule has 0 bridgehead atoms. The number of nitrogens with one attached hydrogen (secondary N) is 2. The van der Waals surface area contributed by atoms with Crippen LogP contribution in [0.4, 0.5) is 0 Å². The van der Waals surface area contributed by atoms with E-state index in [0.717, 1.165) is 24.0 Å². The number of hydrogen-bond donors (Lipinski definition) is 3. The molecule has 2 unspecified atom stereocenters. The molecule has 1 aromatic carbocycles. The van der Waals surface area contributed by atoms with Crippen molar-refractivity contribution in [2.45, 2.75) is 44.2 Å². The Kier molecular flexibility index (Phi) is 4.68. The highest BCUT2D eigenvalue weighted by Gasteiger charge is 2.33. The van der Waals surface area contributed by atoms with Gasteiger partial charge in [-0.05, 0) is 43.9 Å². The third-order valence-electron chi connectivity index (χ3n) is 4.26. The van der Waals surface area contributed by atoms with Crippen molar-refractivity contribution in [3.05, 3.63) is 53.6 Å². The highest BCUT2D eigenvalue weighted by molar-refractivity contribution is 5.92. The first-order valence-electron chi connectivity index (χ1n) is 8.16. The average molecular weight is 323 g/mol. The zero-order valence-electron chi connectivity index (χ0n) is 13.7. The van der Waals surface area contributed by atoms with Crippen LogP contribution in [0.2, 0.25) is 0 Å². The second-order valence-corrected chi connectivity index (χ2v) is 6.38. The number of imidazole rings is 1. The zero-order chi connectivity index (χ0) is 17.0. The maximum Gasteiger partial charge on any atom is 0.269 e.